The molecule has 0 bridgehead atoms. The molecule has 2 aromatic rings. The molecule has 7 nitrogen and oxygen atoms in total. The highest BCUT2D eigenvalue weighted by atomic mass is 16.5. The van der Waals surface area contributed by atoms with Crippen molar-refractivity contribution in [2.45, 2.75) is 13.5 Å². The Hall–Kier alpha value is -2.15. The van der Waals surface area contributed by atoms with Gasteiger partial charge in [0.15, 0.2) is 0 Å². The summed E-state index contributed by atoms with van der Waals surface area (Å²) in [6.07, 6.45) is 3.71. The van der Waals surface area contributed by atoms with Crippen LogP contribution in [-0.2, 0) is 18.4 Å². The van der Waals surface area contributed by atoms with Crippen LogP contribution >= 0.6 is 0 Å². The second-order valence-electron chi connectivity index (χ2n) is 4.58. The van der Waals surface area contributed by atoms with Gasteiger partial charge >= 0.3 is 0 Å². The minimum absolute atomic E-state index is 0.137. The summed E-state index contributed by atoms with van der Waals surface area (Å²) in [4.78, 5) is 13.7. The second-order valence-corrected chi connectivity index (χ2v) is 4.58. The molecule has 0 radical (unpaired) electrons. The zero-order valence-electron chi connectivity index (χ0n) is 11.3. The highest BCUT2D eigenvalue weighted by Gasteiger charge is 2.10. The van der Waals surface area contributed by atoms with Crippen molar-refractivity contribution >= 4 is 11.8 Å². The lowest BCUT2D eigenvalue weighted by Gasteiger charge is -2.14. The summed E-state index contributed by atoms with van der Waals surface area (Å²) in [6, 6.07) is 1.68. The number of amides is 1. The average Bonchev–Trinajstić information content (AvgIpc) is 2.87. The molecule has 2 rings (SSSR count). The number of carbonyl (C=O) groups is 1. The highest BCUT2D eigenvalue weighted by molar-refractivity contribution is 5.90. The van der Waals surface area contributed by atoms with E-state index in [4.69, 9.17) is 4.52 Å². The molecule has 1 N–H and O–H groups in total. The fourth-order valence-corrected chi connectivity index (χ4v) is 1.77. The molecule has 0 unspecified atom stereocenters. The third-order valence-corrected chi connectivity index (χ3v) is 2.51. The topological polar surface area (TPSA) is 76.2 Å². The summed E-state index contributed by atoms with van der Waals surface area (Å²) in [5.41, 5.74) is 1.80. The number of aryl methyl sites for hydroxylation is 2. The van der Waals surface area contributed by atoms with Crippen LogP contribution < -0.4 is 5.32 Å². The van der Waals surface area contributed by atoms with E-state index in [0.29, 0.717) is 12.4 Å². The number of rotatable bonds is 5. The molecule has 0 aliphatic heterocycles. The van der Waals surface area contributed by atoms with Gasteiger partial charge in [0.2, 0.25) is 11.8 Å². The smallest absolute Gasteiger partial charge is 0.240 e. The first-order valence-electron chi connectivity index (χ1n) is 5.92. The second kappa shape index (κ2) is 5.66. The molecule has 0 atom stereocenters. The molecule has 1 amide bonds. The molecule has 0 saturated heterocycles. The Morgan fingerprint density at radius 1 is 1.58 bits per heavy atom. The van der Waals surface area contributed by atoms with E-state index in [1.54, 1.807) is 23.9 Å². The SMILES string of the molecule is Cc1cc(NC(=O)CN(C)Cc2cnn(C)c2)on1. The van der Waals surface area contributed by atoms with Crippen molar-refractivity contribution in [2.24, 2.45) is 7.05 Å². The number of hydrogen-bond donors (Lipinski definition) is 1. The van der Waals surface area contributed by atoms with Crippen LogP contribution in [0.1, 0.15) is 11.3 Å². The molecule has 0 aliphatic carbocycles. The van der Waals surface area contributed by atoms with Gasteiger partial charge in [0.05, 0.1) is 18.4 Å². The van der Waals surface area contributed by atoms with E-state index in [1.165, 1.54) is 0 Å². The zero-order chi connectivity index (χ0) is 13.8. The van der Waals surface area contributed by atoms with Gasteiger partial charge in [0.25, 0.3) is 0 Å². The maximum absolute atomic E-state index is 11.8. The molecule has 0 fully saturated rings. The number of carbonyl (C=O) groups excluding carboxylic acids is 1. The normalized spacial score (nSPS) is 10.9. The van der Waals surface area contributed by atoms with Gasteiger partial charge in [-0.1, -0.05) is 5.16 Å². The zero-order valence-corrected chi connectivity index (χ0v) is 11.3. The van der Waals surface area contributed by atoms with Gasteiger partial charge in [0.1, 0.15) is 0 Å². The van der Waals surface area contributed by atoms with E-state index in [1.807, 2.05) is 25.2 Å². The number of anilines is 1. The van der Waals surface area contributed by atoms with Gasteiger partial charge < -0.3 is 4.52 Å². The Morgan fingerprint density at radius 2 is 2.37 bits per heavy atom. The Balaban J connectivity index is 1.81. The fourth-order valence-electron chi connectivity index (χ4n) is 1.77. The summed E-state index contributed by atoms with van der Waals surface area (Å²) in [7, 11) is 3.74. The maximum Gasteiger partial charge on any atom is 0.240 e. The first-order valence-corrected chi connectivity index (χ1v) is 5.92. The Kier molecular flexibility index (Phi) is 3.96. The number of hydrogen-bond acceptors (Lipinski definition) is 5. The van der Waals surface area contributed by atoms with E-state index in [2.05, 4.69) is 15.6 Å². The third-order valence-electron chi connectivity index (χ3n) is 2.51. The maximum atomic E-state index is 11.8. The van der Waals surface area contributed by atoms with Crippen LogP contribution in [0.3, 0.4) is 0 Å². The molecular formula is C12H17N5O2. The standard InChI is InChI=1S/C12H17N5O2/c1-9-4-12(19-15-9)14-11(18)8-16(2)6-10-5-13-17(3)7-10/h4-5,7H,6,8H2,1-3H3,(H,14,18). The van der Waals surface area contributed by atoms with Gasteiger partial charge in [-0.05, 0) is 14.0 Å². The van der Waals surface area contributed by atoms with Crippen molar-refractivity contribution in [1.82, 2.24) is 19.8 Å². The summed E-state index contributed by atoms with van der Waals surface area (Å²) in [5.74, 6) is 0.236. The Bertz CT molecular complexity index is 560. The summed E-state index contributed by atoms with van der Waals surface area (Å²) in [6.45, 7) is 2.74. The van der Waals surface area contributed by atoms with E-state index >= 15 is 0 Å². The molecule has 0 aromatic carbocycles. The van der Waals surface area contributed by atoms with Gasteiger partial charge in [-0.3, -0.25) is 19.7 Å². The van der Waals surface area contributed by atoms with Crippen LogP contribution in [0.15, 0.2) is 23.0 Å². The van der Waals surface area contributed by atoms with E-state index in [9.17, 15) is 4.79 Å². The molecule has 2 aromatic heterocycles. The molecule has 0 saturated carbocycles. The third kappa shape index (κ3) is 3.92. The van der Waals surface area contributed by atoms with Crippen molar-refractivity contribution in [3.05, 3.63) is 29.7 Å². The van der Waals surface area contributed by atoms with Crippen LogP contribution in [0.2, 0.25) is 0 Å². The first kappa shape index (κ1) is 13.3. The minimum Gasteiger partial charge on any atom is -0.338 e. The summed E-state index contributed by atoms with van der Waals surface area (Å²) < 4.78 is 6.66. The molecule has 102 valence electrons. The van der Waals surface area contributed by atoms with Gasteiger partial charge in [-0.2, -0.15) is 5.10 Å². The number of likely N-dealkylation sites (N-methyl/N-ethyl adjacent to an activating group) is 1. The van der Waals surface area contributed by atoms with Crippen molar-refractivity contribution < 1.29 is 9.32 Å². The Morgan fingerprint density at radius 3 is 2.95 bits per heavy atom. The lowest BCUT2D eigenvalue weighted by atomic mass is 10.3. The predicted molar refractivity (Wildman–Crippen MR) is 69.4 cm³/mol. The minimum atomic E-state index is -0.137. The van der Waals surface area contributed by atoms with Crippen LogP contribution in [0.25, 0.3) is 0 Å². The molecule has 0 aliphatic rings. The van der Waals surface area contributed by atoms with Crippen molar-refractivity contribution in [3.8, 4) is 0 Å². The first-order chi connectivity index (χ1) is 9.02. The number of aromatic nitrogens is 3. The summed E-state index contributed by atoms with van der Waals surface area (Å²) in [5, 5.41) is 10.4. The number of nitrogens with one attached hydrogen (secondary N) is 1. The van der Waals surface area contributed by atoms with Gasteiger partial charge in [-0.25, -0.2) is 0 Å². The van der Waals surface area contributed by atoms with E-state index in [-0.39, 0.29) is 12.5 Å². The highest BCUT2D eigenvalue weighted by Crippen LogP contribution is 2.08. The quantitative estimate of drug-likeness (QED) is 0.863. The fraction of sp³-hybridized carbons (Fsp3) is 0.417. The lowest BCUT2D eigenvalue weighted by Crippen LogP contribution is -2.29. The van der Waals surface area contributed by atoms with Gasteiger partial charge in [0, 0.05) is 31.4 Å². The van der Waals surface area contributed by atoms with Crippen LogP contribution in [-0.4, -0.2) is 39.3 Å². The van der Waals surface area contributed by atoms with Gasteiger partial charge in [-0.15, -0.1) is 0 Å². The van der Waals surface area contributed by atoms with E-state index in [0.717, 1.165) is 11.3 Å². The Labute approximate surface area is 111 Å². The molecular weight excluding hydrogens is 246 g/mol. The molecule has 7 heteroatoms. The average molecular weight is 263 g/mol. The van der Waals surface area contributed by atoms with Crippen molar-refractivity contribution in [2.75, 3.05) is 18.9 Å². The van der Waals surface area contributed by atoms with E-state index < -0.39 is 0 Å². The molecule has 0 spiro atoms. The summed E-state index contributed by atoms with van der Waals surface area (Å²) >= 11 is 0. The van der Waals surface area contributed by atoms with Crippen LogP contribution in [0, 0.1) is 6.92 Å². The monoisotopic (exact) mass is 263 g/mol. The number of nitrogens with zero attached hydrogens (tertiary/aromatic N) is 4. The molecule has 2 heterocycles. The largest absolute Gasteiger partial charge is 0.338 e. The van der Waals surface area contributed by atoms with Crippen molar-refractivity contribution in [3.63, 3.8) is 0 Å². The van der Waals surface area contributed by atoms with Crippen LogP contribution in [0.5, 0.6) is 0 Å². The molecule has 19 heavy (non-hydrogen) atoms. The van der Waals surface area contributed by atoms with Crippen LogP contribution in [0.4, 0.5) is 5.88 Å². The predicted octanol–water partition coefficient (Wildman–Crippen LogP) is 0.787. The van der Waals surface area contributed by atoms with Crippen molar-refractivity contribution in [1.29, 1.82) is 0 Å². The lowest BCUT2D eigenvalue weighted by molar-refractivity contribution is -0.117.